The first-order valence-electron chi connectivity index (χ1n) is 7.03. The van der Waals surface area contributed by atoms with Crippen molar-refractivity contribution >= 4 is 11.5 Å². The Hall–Kier alpha value is -2.55. The van der Waals surface area contributed by atoms with Gasteiger partial charge in [0.15, 0.2) is 6.10 Å². The van der Waals surface area contributed by atoms with Crippen molar-refractivity contribution in [1.29, 1.82) is 0 Å². The van der Waals surface area contributed by atoms with Gasteiger partial charge in [0, 0.05) is 22.6 Å². The van der Waals surface area contributed by atoms with Crippen LogP contribution in [0, 0.1) is 0 Å². The van der Waals surface area contributed by atoms with Gasteiger partial charge in [0.05, 0.1) is 0 Å². The molecule has 1 N–H and O–H groups in total. The Bertz CT molecular complexity index is 746. The first-order chi connectivity index (χ1) is 10.3. The van der Waals surface area contributed by atoms with Crippen molar-refractivity contribution < 1.29 is 14.6 Å². The van der Waals surface area contributed by atoms with Crippen LogP contribution in [-0.4, -0.2) is 17.0 Å². The molecular weight excluding hydrogens is 264 g/mol. The summed E-state index contributed by atoms with van der Waals surface area (Å²) in [6.07, 6.45) is 0.0459. The molecule has 0 bridgehead atoms. The van der Waals surface area contributed by atoms with Crippen molar-refractivity contribution in [2.24, 2.45) is 0 Å². The van der Waals surface area contributed by atoms with Crippen LogP contribution < -0.4 is 4.74 Å². The van der Waals surface area contributed by atoms with Gasteiger partial charge >= 0.3 is 0 Å². The number of rotatable bonds is 1. The van der Waals surface area contributed by atoms with E-state index >= 15 is 0 Å². The molecule has 2 aliphatic rings. The predicted molar refractivity (Wildman–Crippen MR) is 79.2 cm³/mol. The third kappa shape index (κ3) is 1.77. The van der Waals surface area contributed by atoms with Crippen LogP contribution in [0.2, 0.25) is 0 Å². The number of fused-ring (bicyclic) bond motifs is 3. The summed E-state index contributed by atoms with van der Waals surface area (Å²) in [5.74, 6) is 0.794. The Morgan fingerprint density at radius 1 is 1.05 bits per heavy atom. The summed E-state index contributed by atoms with van der Waals surface area (Å²) in [5, 5.41) is 10.4. The maximum Gasteiger partial charge on any atom is 0.203 e. The number of hydrogen-bond donors (Lipinski definition) is 1. The molecule has 1 aliphatic heterocycles. The summed E-state index contributed by atoms with van der Waals surface area (Å²) < 4.78 is 5.76. The fraction of sp³-hybridized carbons (Fsp3) is 0.167. The zero-order valence-electron chi connectivity index (χ0n) is 11.3. The predicted octanol–water partition coefficient (Wildman–Crippen LogP) is 3.47. The van der Waals surface area contributed by atoms with Gasteiger partial charge in [-0.05, 0) is 12.5 Å². The Balaban J connectivity index is 1.75. The summed E-state index contributed by atoms with van der Waals surface area (Å²) in [6, 6.07) is 16.9. The van der Waals surface area contributed by atoms with E-state index in [9.17, 15) is 9.90 Å². The van der Waals surface area contributed by atoms with Crippen molar-refractivity contribution in [3.05, 3.63) is 71.3 Å². The van der Waals surface area contributed by atoms with Crippen LogP contribution in [0.3, 0.4) is 0 Å². The van der Waals surface area contributed by atoms with Crippen LogP contribution >= 0.6 is 0 Å². The first-order valence-corrected chi connectivity index (χ1v) is 7.03. The van der Waals surface area contributed by atoms with Crippen LogP contribution in [0.1, 0.15) is 23.5 Å². The standard InChI is InChI=1S/C18H14O3/c19-16(11-6-2-1-3-7-11)14-10-13-12-8-4-5-9-15(12)21-18(13)17(14)20/h1-9,13,18-19H,10H2/b16-14+/t13-,18+/m1/s1. The molecule has 0 amide bonds. The second-order valence-electron chi connectivity index (χ2n) is 5.44. The highest BCUT2D eigenvalue weighted by Gasteiger charge is 2.47. The molecule has 1 heterocycles. The van der Waals surface area contributed by atoms with Crippen LogP contribution in [0.5, 0.6) is 5.75 Å². The molecule has 0 aromatic heterocycles. The molecule has 104 valence electrons. The van der Waals surface area contributed by atoms with Crippen LogP contribution in [0.25, 0.3) is 5.76 Å². The number of para-hydroxylation sites is 1. The van der Waals surface area contributed by atoms with Crippen molar-refractivity contribution in [2.75, 3.05) is 0 Å². The lowest BCUT2D eigenvalue weighted by molar-refractivity contribution is -0.120. The van der Waals surface area contributed by atoms with Gasteiger partial charge in [0.1, 0.15) is 11.5 Å². The number of aliphatic hydroxyl groups excluding tert-OH is 1. The fourth-order valence-corrected chi connectivity index (χ4v) is 3.21. The Morgan fingerprint density at radius 3 is 2.57 bits per heavy atom. The minimum atomic E-state index is -0.483. The van der Waals surface area contributed by atoms with Crippen LogP contribution in [0.15, 0.2) is 60.2 Å². The fourth-order valence-electron chi connectivity index (χ4n) is 3.21. The molecule has 3 heteroatoms. The van der Waals surface area contributed by atoms with Gasteiger partial charge in [0.25, 0.3) is 0 Å². The molecule has 2 atom stereocenters. The summed E-state index contributed by atoms with van der Waals surface area (Å²) >= 11 is 0. The van der Waals surface area contributed by atoms with E-state index in [0.29, 0.717) is 17.6 Å². The molecule has 0 radical (unpaired) electrons. The summed E-state index contributed by atoms with van der Waals surface area (Å²) in [6.45, 7) is 0. The number of carbonyl (C=O) groups is 1. The lowest BCUT2D eigenvalue weighted by atomic mass is 9.97. The van der Waals surface area contributed by atoms with Gasteiger partial charge < -0.3 is 9.84 Å². The molecule has 3 nitrogen and oxygen atoms in total. The van der Waals surface area contributed by atoms with E-state index in [1.165, 1.54) is 0 Å². The number of hydrogen-bond acceptors (Lipinski definition) is 3. The summed E-state index contributed by atoms with van der Waals surface area (Å²) in [7, 11) is 0. The van der Waals surface area contributed by atoms with Gasteiger partial charge in [-0.25, -0.2) is 0 Å². The SMILES string of the molecule is O=C1/C(=C(/O)c2ccccc2)C[C@@H]2c3ccccc3O[C@H]12. The largest absolute Gasteiger partial charge is 0.507 e. The number of benzene rings is 2. The quantitative estimate of drug-likeness (QED) is 0.641. The number of Topliss-reactive ketones (excluding diaryl/α,β-unsaturated/α-hetero) is 1. The van der Waals surface area contributed by atoms with Gasteiger partial charge in [-0.1, -0.05) is 48.5 Å². The maximum absolute atomic E-state index is 12.5. The van der Waals surface area contributed by atoms with E-state index in [0.717, 1.165) is 11.3 Å². The topological polar surface area (TPSA) is 46.5 Å². The average Bonchev–Trinajstić information content (AvgIpc) is 3.05. The van der Waals surface area contributed by atoms with Crippen molar-refractivity contribution in [3.8, 4) is 5.75 Å². The highest BCUT2D eigenvalue weighted by molar-refractivity contribution is 6.07. The van der Waals surface area contributed by atoms with E-state index in [2.05, 4.69) is 0 Å². The van der Waals surface area contributed by atoms with Crippen molar-refractivity contribution in [2.45, 2.75) is 18.4 Å². The molecule has 1 aliphatic carbocycles. The number of ketones is 1. The number of carbonyl (C=O) groups excluding carboxylic acids is 1. The van der Waals surface area contributed by atoms with E-state index in [1.54, 1.807) is 12.1 Å². The molecular formula is C18H14O3. The Morgan fingerprint density at radius 2 is 1.76 bits per heavy atom. The van der Waals surface area contributed by atoms with Gasteiger partial charge in [-0.2, -0.15) is 0 Å². The second-order valence-corrected chi connectivity index (χ2v) is 5.44. The molecule has 1 fully saturated rings. The lowest BCUT2D eigenvalue weighted by Crippen LogP contribution is -2.22. The van der Waals surface area contributed by atoms with E-state index in [4.69, 9.17) is 4.74 Å². The Labute approximate surface area is 122 Å². The van der Waals surface area contributed by atoms with Gasteiger partial charge in [-0.3, -0.25) is 4.79 Å². The number of ether oxygens (including phenoxy) is 1. The molecule has 0 saturated heterocycles. The molecule has 2 aromatic carbocycles. The summed E-state index contributed by atoms with van der Waals surface area (Å²) in [5.41, 5.74) is 2.21. The zero-order valence-corrected chi connectivity index (χ0v) is 11.3. The molecule has 0 spiro atoms. The van der Waals surface area contributed by atoms with Gasteiger partial charge in [-0.15, -0.1) is 0 Å². The lowest BCUT2D eigenvalue weighted by Gasteiger charge is -2.07. The molecule has 4 rings (SSSR count). The highest BCUT2D eigenvalue weighted by Crippen LogP contribution is 2.48. The minimum absolute atomic E-state index is 0.0227. The van der Waals surface area contributed by atoms with Crippen LogP contribution in [-0.2, 0) is 4.79 Å². The van der Waals surface area contributed by atoms with Crippen molar-refractivity contribution in [1.82, 2.24) is 0 Å². The van der Waals surface area contributed by atoms with E-state index < -0.39 is 6.10 Å². The normalized spacial score (nSPS) is 25.2. The number of aliphatic hydroxyl groups is 1. The highest BCUT2D eigenvalue weighted by atomic mass is 16.5. The average molecular weight is 278 g/mol. The van der Waals surface area contributed by atoms with Crippen molar-refractivity contribution in [3.63, 3.8) is 0 Å². The smallest absolute Gasteiger partial charge is 0.203 e. The van der Waals surface area contributed by atoms with E-state index in [-0.39, 0.29) is 17.5 Å². The first kappa shape index (κ1) is 12.2. The maximum atomic E-state index is 12.5. The third-order valence-electron chi connectivity index (χ3n) is 4.25. The molecule has 2 aromatic rings. The monoisotopic (exact) mass is 278 g/mol. The third-order valence-corrected chi connectivity index (χ3v) is 4.25. The zero-order chi connectivity index (χ0) is 14.4. The minimum Gasteiger partial charge on any atom is -0.507 e. The van der Waals surface area contributed by atoms with Crippen LogP contribution in [0.4, 0.5) is 0 Å². The second kappa shape index (κ2) is 4.48. The molecule has 1 saturated carbocycles. The Kier molecular flexibility index (Phi) is 2.61. The molecule has 0 unspecified atom stereocenters. The summed E-state index contributed by atoms with van der Waals surface area (Å²) in [4.78, 5) is 12.5. The molecule has 21 heavy (non-hydrogen) atoms. The van der Waals surface area contributed by atoms with E-state index in [1.807, 2.05) is 42.5 Å². The van der Waals surface area contributed by atoms with Gasteiger partial charge in [0.2, 0.25) is 5.78 Å².